The summed E-state index contributed by atoms with van der Waals surface area (Å²) in [5, 5.41) is 14.2. The molecule has 0 unspecified atom stereocenters. The third kappa shape index (κ3) is 4.37. The van der Waals surface area contributed by atoms with Crippen LogP contribution in [0, 0.1) is 10.1 Å². The van der Waals surface area contributed by atoms with Gasteiger partial charge in [0.15, 0.2) is 0 Å². The molecular formula is C12H19N3O4S. The number of sulfone groups is 1. The minimum absolute atomic E-state index is 0.0367. The van der Waals surface area contributed by atoms with E-state index in [2.05, 4.69) is 5.32 Å². The van der Waals surface area contributed by atoms with Gasteiger partial charge < -0.3 is 10.2 Å². The zero-order chi connectivity index (χ0) is 15.3. The Hall–Kier alpha value is -1.83. The Bertz CT molecular complexity index is 586. The van der Waals surface area contributed by atoms with Gasteiger partial charge in [0.2, 0.25) is 0 Å². The number of hydrogen-bond donors (Lipinski definition) is 1. The number of nitro groups is 1. The van der Waals surface area contributed by atoms with Crippen LogP contribution in [0.2, 0.25) is 0 Å². The van der Waals surface area contributed by atoms with E-state index in [9.17, 15) is 18.5 Å². The molecule has 0 fully saturated rings. The molecule has 1 N–H and O–H groups in total. The van der Waals surface area contributed by atoms with Crippen molar-refractivity contribution in [2.45, 2.75) is 6.92 Å². The normalized spacial score (nSPS) is 11.2. The van der Waals surface area contributed by atoms with Crippen LogP contribution < -0.4 is 10.2 Å². The van der Waals surface area contributed by atoms with E-state index in [1.165, 1.54) is 0 Å². The summed E-state index contributed by atoms with van der Waals surface area (Å²) < 4.78 is 22.4. The summed E-state index contributed by atoms with van der Waals surface area (Å²) in [7, 11) is -1.47. The van der Waals surface area contributed by atoms with Gasteiger partial charge in [-0.2, -0.15) is 0 Å². The third-order valence-electron chi connectivity index (χ3n) is 2.77. The first kappa shape index (κ1) is 16.2. The Labute approximate surface area is 118 Å². The van der Waals surface area contributed by atoms with E-state index in [1.807, 2.05) is 6.92 Å². The predicted octanol–water partition coefficient (Wildman–Crippen LogP) is 1.51. The van der Waals surface area contributed by atoms with Crippen LogP contribution in [0.5, 0.6) is 0 Å². The van der Waals surface area contributed by atoms with Gasteiger partial charge in [0.05, 0.1) is 10.7 Å². The van der Waals surface area contributed by atoms with Crippen LogP contribution in [0.1, 0.15) is 6.92 Å². The second kappa shape index (κ2) is 6.56. The van der Waals surface area contributed by atoms with Crippen molar-refractivity contribution in [2.24, 2.45) is 0 Å². The molecule has 20 heavy (non-hydrogen) atoms. The Morgan fingerprint density at radius 3 is 2.55 bits per heavy atom. The van der Waals surface area contributed by atoms with Gasteiger partial charge in [0.25, 0.3) is 0 Å². The minimum atomic E-state index is -3.11. The molecule has 0 spiro atoms. The predicted molar refractivity (Wildman–Crippen MR) is 80.2 cm³/mol. The first-order valence-corrected chi connectivity index (χ1v) is 8.22. The number of nitro benzene ring substituents is 1. The fraction of sp³-hybridized carbons (Fsp3) is 0.500. The molecule has 0 bridgehead atoms. The lowest BCUT2D eigenvalue weighted by Crippen LogP contribution is -2.25. The molecule has 0 aliphatic carbocycles. The van der Waals surface area contributed by atoms with Gasteiger partial charge in [-0.05, 0) is 19.1 Å². The molecule has 0 aliphatic rings. The molecule has 0 aliphatic heterocycles. The maximum Gasteiger partial charge on any atom is 0.315 e. The summed E-state index contributed by atoms with van der Waals surface area (Å²) in [6, 6.07) is 4.95. The molecule has 112 valence electrons. The number of para-hydroxylation sites is 1. The number of rotatable bonds is 7. The van der Waals surface area contributed by atoms with Crippen LogP contribution in [0.4, 0.5) is 17.1 Å². The molecule has 0 aromatic heterocycles. The average molecular weight is 301 g/mol. The number of nitrogens with zero attached hydrogens (tertiary/aromatic N) is 2. The van der Waals surface area contributed by atoms with Gasteiger partial charge in [-0.25, -0.2) is 8.42 Å². The van der Waals surface area contributed by atoms with Crippen molar-refractivity contribution in [3.8, 4) is 0 Å². The summed E-state index contributed by atoms with van der Waals surface area (Å²) >= 11 is 0. The zero-order valence-corrected chi connectivity index (χ0v) is 12.6. The molecule has 1 aromatic carbocycles. The van der Waals surface area contributed by atoms with Crippen molar-refractivity contribution in [3.05, 3.63) is 28.3 Å². The lowest BCUT2D eigenvalue weighted by molar-refractivity contribution is -0.383. The van der Waals surface area contributed by atoms with Gasteiger partial charge in [0, 0.05) is 26.4 Å². The molecule has 0 radical (unpaired) electrons. The topological polar surface area (TPSA) is 92.6 Å². The third-order valence-corrected chi connectivity index (χ3v) is 3.70. The monoisotopic (exact) mass is 301 g/mol. The first-order chi connectivity index (χ1) is 9.26. The Morgan fingerprint density at radius 2 is 2.05 bits per heavy atom. The van der Waals surface area contributed by atoms with E-state index in [1.54, 1.807) is 30.1 Å². The molecule has 7 nitrogen and oxygen atoms in total. The summed E-state index contributed by atoms with van der Waals surface area (Å²) in [4.78, 5) is 12.4. The van der Waals surface area contributed by atoms with E-state index >= 15 is 0 Å². The Kier molecular flexibility index (Phi) is 5.32. The van der Waals surface area contributed by atoms with Crippen molar-refractivity contribution in [2.75, 3.05) is 42.4 Å². The van der Waals surface area contributed by atoms with Gasteiger partial charge in [-0.1, -0.05) is 6.07 Å². The largest absolute Gasteiger partial charge is 0.380 e. The van der Waals surface area contributed by atoms with Crippen molar-refractivity contribution < 1.29 is 13.3 Å². The van der Waals surface area contributed by atoms with Crippen molar-refractivity contribution in [3.63, 3.8) is 0 Å². The van der Waals surface area contributed by atoms with Crippen LogP contribution in [-0.4, -0.2) is 45.5 Å². The van der Waals surface area contributed by atoms with Gasteiger partial charge in [0.1, 0.15) is 21.2 Å². The van der Waals surface area contributed by atoms with Gasteiger partial charge >= 0.3 is 5.69 Å². The van der Waals surface area contributed by atoms with E-state index in [4.69, 9.17) is 0 Å². The number of hydrogen-bond acceptors (Lipinski definition) is 6. The van der Waals surface area contributed by atoms with Gasteiger partial charge in [-0.15, -0.1) is 0 Å². The SMILES string of the molecule is CCNc1cccc(N(C)CCS(C)(=O)=O)c1[N+](=O)[O-]. The quantitative estimate of drug-likeness (QED) is 0.606. The summed E-state index contributed by atoms with van der Waals surface area (Å²) in [5.41, 5.74) is 0.795. The van der Waals surface area contributed by atoms with E-state index in [0.717, 1.165) is 6.26 Å². The Balaban J connectivity index is 3.10. The van der Waals surface area contributed by atoms with Gasteiger partial charge in [-0.3, -0.25) is 10.1 Å². The number of benzene rings is 1. The highest BCUT2D eigenvalue weighted by molar-refractivity contribution is 7.90. The second-order valence-corrected chi connectivity index (χ2v) is 6.77. The molecule has 0 heterocycles. The number of anilines is 2. The average Bonchev–Trinajstić information content (AvgIpc) is 2.35. The second-order valence-electron chi connectivity index (χ2n) is 4.51. The molecular weight excluding hydrogens is 282 g/mol. The highest BCUT2D eigenvalue weighted by atomic mass is 32.2. The molecule has 1 aromatic rings. The molecule has 0 saturated heterocycles. The number of nitrogens with one attached hydrogen (secondary N) is 1. The minimum Gasteiger partial charge on any atom is -0.380 e. The van der Waals surface area contributed by atoms with Crippen LogP contribution in [0.25, 0.3) is 0 Å². The van der Waals surface area contributed by atoms with Crippen LogP contribution >= 0.6 is 0 Å². The molecule has 0 saturated carbocycles. The van der Waals surface area contributed by atoms with Crippen LogP contribution in [-0.2, 0) is 9.84 Å². The summed E-state index contributed by atoms with van der Waals surface area (Å²) in [5.74, 6) is -0.0495. The zero-order valence-electron chi connectivity index (χ0n) is 11.8. The van der Waals surface area contributed by atoms with Crippen molar-refractivity contribution >= 4 is 26.9 Å². The standard InChI is InChI=1S/C12H19N3O4S/c1-4-13-10-6-5-7-11(12(10)15(16)17)14(2)8-9-20(3,18)19/h5-7,13H,4,8-9H2,1-3H3. The van der Waals surface area contributed by atoms with E-state index < -0.39 is 14.8 Å². The lowest BCUT2D eigenvalue weighted by Gasteiger charge is -2.20. The molecule has 0 atom stereocenters. The van der Waals surface area contributed by atoms with E-state index in [0.29, 0.717) is 17.9 Å². The summed E-state index contributed by atoms with van der Waals surface area (Å²) in [6.45, 7) is 2.62. The smallest absolute Gasteiger partial charge is 0.315 e. The summed E-state index contributed by atoms with van der Waals surface area (Å²) in [6.07, 6.45) is 1.14. The molecule has 0 amide bonds. The highest BCUT2D eigenvalue weighted by Gasteiger charge is 2.22. The fourth-order valence-corrected chi connectivity index (χ4v) is 2.39. The van der Waals surface area contributed by atoms with E-state index in [-0.39, 0.29) is 18.0 Å². The Morgan fingerprint density at radius 1 is 1.40 bits per heavy atom. The molecule has 1 rings (SSSR count). The fourth-order valence-electron chi connectivity index (χ4n) is 1.79. The maximum absolute atomic E-state index is 11.2. The molecule has 8 heteroatoms. The van der Waals surface area contributed by atoms with Crippen molar-refractivity contribution in [1.29, 1.82) is 0 Å². The van der Waals surface area contributed by atoms with Crippen molar-refractivity contribution in [1.82, 2.24) is 0 Å². The lowest BCUT2D eigenvalue weighted by atomic mass is 10.2. The maximum atomic E-state index is 11.2. The van der Waals surface area contributed by atoms with Crippen LogP contribution in [0.3, 0.4) is 0 Å². The highest BCUT2D eigenvalue weighted by Crippen LogP contribution is 2.34. The van der Waals surface area contributed by atoms with Crippen LogP contribution in [0.15, 0.2) is 18.2 Å². The first-order valence-electron chi connectivity index (χ1n) is 6.16.